The Labute approximate surface area is 101 Å². The van der Waals surface area contributed by atoms with Crippen molar-refractivity contribution in [3.05, 3.63) is 35.9 Å². The van der Waals surface area contributed by atoms with Gasteiger partial charge in [0.1, 0.15) is 11.4 Å². The molecule has 1 heterocycles. The summed E-state index contributed by atoms with van der Waals surface area (Å²) in [5.41, 5.74) is 8.10. The zero-order valence-electron chi connectivity index (χ0n) is 10.3. The summed E-state index contributed by atoms with van der Waals surface area (Å²) < 4.78 is 6.13. The van der Waals surface area contributed by atoms with Crippen molar-refractivity contribution < 1.29 is 4.74 Å². The maximum absolute atomic E-state index is 6.13. The Kier molecular flexibility index (Phi) is 2.09. The van der Waals surface area contributed by atoms with E-state index in [0.717, 1.165) is 35.1 Å². The van der Waals surface area contributed by atoms with Gasteiger partial charge in [0, 0.05) is 16.5 Å². The van der Waals surface area contributed by atoms with Gasteiger partial charge in [-0.05, 0) is 38.3 Å². The molecule has 17 heavy (non-hydrogen) atoms. The Bertz CT molecular complexity index is 587. The van der Waals surface area contributed by atoms with Gasteiger partial charge in [0.2, 0.25) is 0 Å². The van der Waals surface area contributed by atoms with Crippen LogP contribution in [0.3, 0.4) is 0 Å². The highest BCUT2D eigenvalue weighted by Gasteiger charge is 2.28. The number of aryl methyl sites for hydroxylation is 1. The van der Waals surface area contributed by atoms with Crippen LogP contribution < -0.4 is 10.5 Å². The minimum atomic E-state index is -0.0775. The van der Waals surface area contributed by atoms with E-state index >= 15 is 0 Å². The molecule has 1 aliphatic rings. The number of nitrogen functional groups attached to an aromatic ring is 1. The number of rotatable bonds is 0. The fourth-order valence-corrected chi connectivity index (χ4v) is 2.51. The van der Waals surface area contributed by atoms with Crippen molar-refractivity contribution in [2.24, 2.45) is 0 Å². The summed E-state index contributed by atoms with van der Waals surface area (Å²) in [7, 11) is 0. The van der Waals surface area contributed by atoms with Gasteiger partial charge >= 0.3 is 0 Å². The van der Waals surface area contributed by atoms with Crippen LogP contribution in [0.5, 0.6) is 5.75 Å². The third-order valence-electron chi connectivity index (χ3n) is 3.48. The molecule has 2 aromatic rings. The third-order valence-corrected chi connectivity index (χ3v) is 3.48. The second-order valence-corrected chi connectivity index (χ2v) is 5.36. The molecular formula is C15H17NO. The van der Waals surface area contributed by atoms with Crippen LogP contribution in [0.15, 0.2) is 30.3 Å². The summed E-state index contributed by atoms with van der Waals surface area (Å²) >= 11 is 0. The van der Waals surface area contributed by atoms with Gasteiger partial charge in [-0.3, -0.25) is 0 Å². The number of ether oxygens (including phenoxy) is 1. The monoisotopic (exact) mass is 227 g/mol. The number of fused-ring (bicyclic) bond motifs is 3. The second kappa shape index (κ2) is 3.39. The van der Waals surface area contributed by atoms with Gasteiger partial charge in [-0.25, -0.2) is 0 Å². The van der Waals surface area contributed by atoms with Gasteiger partial charge in [-0.1, -0.05) is 24.3 Å². The molecule has 0 aliphatic carbocycles. The number of benzene rings is 2. The third kappa shape index (κ3) is 1.64. The predicted molar refractivity (Wildman–Crippen MR) is 71.4 cm³/mol. The van der Waals surface area contributed by atoms with Crippen molar-refractivity contribution in [3.8, 4) is 5.75 Å². The van der Waals surface area contributed by atoms with Crippen molar-refractivity contribution in [1.29, 1.82) is 0 Å². The van der Waals surface area contributed by atoms with E-state index in [-0.39, 0.29) is 5.60 Å². The average Bonchev–Trinajstić information content (AvgIpc) is 2.30. The summed E-state index contributed by atoms with van der Waals surface area (Å²) in [5.74, 6) is 1.02. The summed E-state index contributed by atoms with van der Waals surface area (Å²) in [5, 5.41) is 2.22. The Morgan fingerprint density at radius 1 is 1.18 bits per heavy atom. The number of nitrogens with two attached hydrogens (primary N) is 1. The Morgan fingerprint density at radius 2 is 1.88 bits per heavy atom. The lowest BCUT2D eigenvalue weighted by atomic mass is 9.91. The van der Waals surface area contributed by atoms with Gasteiger partial charge in [-0.2, -0.15) is 0 Å². The zero-order valence-corrected chi connectivity index (χ0v) is 10.3. The van der Waals surface area contributed by atoms with Crippen LogP contribution >= 0.6 is 0 Å². The van der Waals surface area contributed by atoms with Crippen LogP contribution in [-0.4, -0.2) is 5.60 Å². The van der Waals surface area contributed by atoms with Gasteiger partial charge in [0.25, 0.3) is 0 Å². The molecule has 88 valence electrons. The predicted octanol–water partition coefficient (Wildman–Crippen LogP) is 3.53. The number of hydrogen-bond acceptors (Lipinski definition) is 2. The molecule has 0 radical (unpaired) electrons. The first-order valence-electron chi connectivity index (χ1n) is 6.06. The average molecular weight is 227 g/mol. The van der Waals surface area contributed by atoms with E-state index in [0.29, 0.717) is 0 Å². The summed E-state index contributed by atoms with van der Waals surface area (Å²) in [6, 6.07) is 10.3. The molecule has 0 bridgehead atoms. The van der Waals surface area contributed by atoms with Crippen LogP contribution in [0, 0.1) is 0 Å². The number of anilines is 1. The van der Waals surface area contributed by atoms with Gasteiger partial charge < -0.3 is 10.5 Å². The smallest absolute Gasteiger partial charge is 0.131 e. The van der Waals surface area contributed by atoms with Crippen LogP contribution in [0.2, 0.25) is 0 Å². The van der Waals surface area contributed by atoms with Crippen LogP contribution in [0.1, 0.15) is 25.8 Å². The highest BCUT2D eigenvalue weighted by atomic mass is 16.5. The first-order valence-corrected chi connectivity index (χ1v) is 6.06. The van der Waals surface area contributed by atoms with Crippen LogP contribution in [0.25, 0.3) is 10.8 Å². The van der Waals surface area contributed by atoms with Crippen molar-refractivity contribution in [1.82, 2.24) is 0 Å². The molecule has 0 fully saturated rings. The SMILES string of the molecule is CC1(C)CCc2cc(N)c3ccccc3c2O1. The molecule has 2 N–H and O–H groups in total. The lowest BCUT2D eigenvalue weighted by Crippen LogP contribution is -2.32. The van der Waals surface area contributed by atoms with E-state index in [1.54, 1.807) is 0 Å². The second-order valence-electron chi connectivity index (χ2n) is 5.36. The van der Waals surface area contributed by atoms with Crippen molar-refractivity contribution in [2.75, 3.05) is 5.73 Å². The molecule has 3 rings (SSSR count). The lowest BCUT2D eigenvalue weighted by molar-refractivity contribution is 0.0869. The fourth-order valence-electron chi connectivity index (χ4n) is 2.51. The van der Waals surface area contributed by atoms with Crippen LogP contribution in [0.4, 0.5) is 5.69 Å². The largest absolute Gasteiger partial charge is 0.487 e. The standard InChI is InChI=1S/C15H17NO/c1-15(2)8-7-10-9-13(16)11-5-3-4-6-12(11)14(10)17-15/h3-6,9H,7-8,16H2,1-2H3. The van der Waals surface area contributed by atoms with Crippen LogP contribution in [-0.2, 0) is 6.42 Å². The van der Waals surface area contributed by atoms with E-state index in [4.69, 9.17) is 10.5 Å². The van der Waals surface area contributed by atoms with E-state index in [1.807, 2.05) is 12.1 Å². The topological polar surface area (TPSA) is 35.2 Å². The minimum Gasteiger partial charge on any atom is -0.487 e. The first-order chi connectivity index (χ1) is 8.07. The molecule has 2 aromatic carbocycles. The van der Waals surface area contributed by atoms with E-state index in [2.05, 4.69) is 32.0 Å². The molecule has 0 atom stereocenters. The maximum Gasteiger partial charge on any atom is 0.131 e. The van der Waals surface area contributed by atoms with Gasteiger partial charge in [-0.15, -0.1) is 0 Å². The Balaban J connectivity index is 2.30. The minimum absolute atomic E-state index is 0.0775. The lowest BCUT2D eigenvalue weighted by Gasteiger charge is -2.33. The first kappa shape index (κ1) is 10.5. The Morgan fingerprint density at radius 3 is 2.65 bits per heavy atom. The van der Waals surface area contributed by atoms with Gasteiger partial charge in [0.05, 0.1) is 0 Å². The molecule has 1 aliphatic heterocycles. The number of hydrogen-bond donors (Lipinski definition) is 1. The molecule has 0 aromatic heterocycles. The fraction of sp³-hybridized carbons (Fsp3) is 0.333. The molecule has 0 amide bonds. The molecule has 0 saturated carbocycles. The summed E-state index contributed by atoms with van der Waals surface area (Å²) in [4.78, 5) is 0. The molecule has 2 nitrogen and oxygen atoms in total. The molecule has 0 unspecified atom stereocenters. The molecule has 0 saturated heterocycles. The van der Waals surface area contributed by atoms with E-state index in [9.17, 15) is 0 Å². The highest BCUT2D eigenvalue weighted by molar-refractivity contribution is 5.98. The van der Waals surface area contributed by atoms with E-state index in [1.165, 1.54) is 5.56 Å². The van der Waals surface area contributed by atoms with Gasteiger partial charge in [0.15, 0.2) is 0 Å². The van der Waals surface area contributed by atoms with E-state index < -0.39 is 0 Å². The normalized spacial score (nSPS) is 17.5. The highest BCUT2D eigenvalue weighted by Crippen LogP contribution is 2.40. The molecular weight excluding hydrogens is 210 g/mol. The van der Waals surface area contributed by atoms with Crippen molar-refractivity contribution in [3.63, 3.8) is 0 Å². The summed E-state index contributed by atoms with van der Waals surface area (Å²) in [6.07, 6.45) is 2.08. The molecule has 2 heteroatoms. The zero-order chi connectivity index (χ0) is 12.0. The van der Waals surface area contributed by atoms with Crippen molar-refractivity contribution in [2.45, 2.75) is 32.3 Å². The quantitative estimate of drug-likeness (QED) is 0.699. The maximum atomic E-state index is 6.13. The van der Waals surface area contributed by atoms with Crippen molar-refractivity contribution >= 4 is 16.5 Å². The Hall–Kier alpha value is -1.70. The molecule has 0 spiro atoms. The summed E-state index contributed by atoms with van der Waals surface area (Å²) in [6.45, 7) is 4.28.